The van der Waals surface area contributed by atoms with Crippen LogP contribution in [0.5, 0.6) is 0 Å². The molecule has 5 heteroatoms. The first-order valence-electron chi connectivity index (χ1n) is 7.79. The average molecular weight is 361 g/mol. The molecule has 128 valence electrons. The Balaban J connectivity index is 2.24. The van der Waals surface area contributed by atoms with Gasteiger partial charge >= 0.3 is 6.18 Å². The fraction of sp³-hybridized carbons (Fsp3) is 0.100. The molecule has 0 saturated heterocycles. The molecule has 0 radical (unpaired) electrons. The molecule has 0 amide bonds. The van der Waals surface area contributed by atoms with Crippen molar-refractivity contribution in [1.29, 1.82) is 0 Å². The number of rotatable bonds is 5. The van der Waals surface area contributed by atoms with E-state index in [9.17, 15) is 13.2 Å². The molecule has 0 aliphatic carbocycles. The first-order valence-corrected chi connectivity index (χ1v) is 9.50. The second kappa shape index (κ2) is 7.38. The quantitative estimate of drug-likeness (QED) is 0.609. The Morgan fingerprint density at radius 2 is 0.920 bits per heavy atom. The van der Waals surface area contributed by atoms with Gasteiger partial charge in [0, 0.05) is 0 Å². The molecule has 1 nitrogen and oxygen atoms in total. The summed E-state index contributed by atoms with van der Waals surface area (Å²) in [6.07, 6.45) is -4.40. The molecule has 25 heavy (non-hydrogen) atoms. The van der Waals surface area contributed by atoms with Crippen LogP contribution >= 0.6 is 7.49 Å². The highest BCUT2D eigenvalue weighted by atomic mass is 31.2. The van der Waals surface area contributed by atoms with Crippen molar-refractivity contribution in [3.05, 3.63) is 91.0 Å². The molecule has 0 spiro atoms. The third-order valence-electron chi connectivity index (χ3n) is 3.78. The Hall–Kier alpha value is -2.16. The maximum atomic E-state index is 13.0. The van der Waals surface area contributed by atoms with E-state index in [0.29, 0.717) is 0 Å². The molecule has 3 aromatic carbocycles. The van der Waals surface area contributed by atoms with Crippen LogP contribution in [0, 0.1) is 0 Å². The maximum Gasteiger partial charge on any atom is 0.416 e. The molecular weight excluding hydrogens is 344 g/mol. The van der Waals surface area contributed by atoms with Gasteiger partial charge in [0.05, 0.1) is 0 Å². The van der Waals surface area contributed by atoms with Crippen LogP contribution in [0.2, 0.25) is 0 Å². The van der Waals surface area contributed by atoms with E-state index in [2.05, 4.69) is 0 Å². The molecule has 0 fully saturated rings. The van der Waals surface area contributed by atoms with Crippen LogP contribution in [0.1, 0.15) is 0 Å². The molecule has 0 aromatic heterocycles. The Morgan fingerprint density at radius 3 is 1.20 bits per heavy atom. The molecule has 0 unspecified atom stereocenters. The van der Waals surface area contributed by atoms with Crippen molar-refractivity contribution >= 4 is 23.4 Å². The maximum absolute atomic E-state index is 13.0. The molecule has 0 aliphatic heterocycles. The van der Waals surface area contributed by atoms with Gasteiger partial charge in [-0.05, 0) is 36.4 Å². The number of hydrogen-bond acceptors (Lipinski definition) is 1. The molecule has 0 saturated carbocycles. The summed E-state index contributed by atoms with van der Waals surface area (Å²) >= 11 is 0. The second-order valence-electron chi connectivity index (χ2n) is 5.50. The zero-order chi connectivity index (χ0) is 17.8. The lowest BCUT2D eigenvalue weighted by molar-refractivity contribution is -0.152. The van der Waals surface area contributed by atoms with Crippen LogP contribution in [0.25, 0.3) is 0 Å². The summed E-state index contributed by atoms with van der Waals surface area (Å²) in [6.45, 7) is -1.29. The second-order valence-corrected chi connectivity index (χ2v) is 8.53. The van der Waals surface area contributed by atoms with Crippen molar-refractivity contribution in [1.82, 2.24) is 0 Å². The summed E-state index contributed by atoms with van der Waals surface area (Å²) in [5, 5.41) is 2.28. The van der Waals surface area contributed by atoms with Crippen LogP contribution in [0.3, 0.4) is 0 Å². The SMILES string of the molecule is FC(F)(F)CO[P+](c1ccccc1)(c1ccccc1)c1ccccc1. The summed E-state index contributed by atoms with van der Waals surface area (Å²) in [4.78, 5) is 0. The van der Waals surface area contributed by atoms with Gasteiger partial charge < -0.3 is 0 Å². The van der Waals surface area contributed by atoms with Gasteiger partial charge in [0.25, 0.3) is 0 Å². The Morgan fingerprint density at radius 1 is 0.600 bits per heavy atom. The standard InChI is InChI=1S/C20H17F3OP/c21-20(22,23)16-24-25(17-10-4-1-5-11-17,18-12-6-2-7-13-18)19-14-8-3-9-15-19/h1-15H,16H2/q+1. The molecule has 0 heterocycles. The fourth-order valence-corrected chi connectivity index (χ4v) is 6.21. The van der Waals surface area contributed by atoms with Gasteiger partial charge in [-0.25, -0.2) is 4.52 Å². The van der Waals surface area contributed by atoms with E-state index in [4.69, 9.17) is 4.52 Å². The number of halogens is 3. The first kappa shape index (κ1) is 17.7. The normalized spacial score (nSPS) is 12.1. The van der Waals surface area contributed by atoms with Gasteiger partial charge in [-0.2, -0.15) is 13.2 Å². The molecule has 0 bridgehead atoms. The first-order chi connectivity index (χ1) is 12.0. The summed E-state index contributed by atoms with van der Waals surface area (Å²) in [6, 6.07) is 27.5. The topological polar surface area (TPSA) is 9.23 Å². The van der Waals surface area contributed by atoms with Gasteiger partial charge in [-0.15, -0.1) is 0 Å². The van der Waals surface area contributed by atoms with Gasteiger partial charge in [-0.3, -0.25) is 0 Å². The van der Waals surface area contributed by atoms with Crippen molar-refractivity contribution in [3.8, 4) is 0 Å². The van der Waals surface area contributed by atoms with E-state index in [1.165, 1.54) is 0 Å². The Kier molecular flexibility index (Phi) is 5.22. The third-order valence-corrected chi connectivity index (χ3v) is 7.37. The lowest BCUT2D eigenvalue weighted by Gasteiger charge is -2.26. The number of benzene rings is 3. The third kappa shape index (κ3) is 3.92. The Labute approximate surface area is 145 Å². The Bertz CT molecular complexity index is 693. The van der Waals surface area contributed by atoms with Crippen LogP contribution in [0.15, 0.2) is 91.0 Å². The monoisotopic (exact) mass is 361 g/mol. The highest BCUT2D eigenvalue weighted by Gasteiger charge is 2.50. The molecule has 0 N–H and O–H groups in total. The molecule has 0 aliphatic rings. The molecule has 0 atom stereocenters. The minimum Gasteiger partial charge on any atom is -0.212 e. The van der Waals surface area contributed by atoms with E-state index in [1.807, 2.05) is 91.0 Å². The van der Waals surface area contributed by atoms with Crippen molar-refractivity contribution in [2.24, 2.45) is 0 Å². The smallest absolute Gasteiger partial charge is 0.212 e. The van der Waals surface area contributed by atoms with Crippen LogP contribution in [-0.4, -0.2) is 12.8 Å². The number of alkyl halides is 3. The van der Waals surface area contributed by atoms with Crippen molar-refractivity contribution in [2.45, 2.75) is 6.18 Å². The minimum atomic E-state index is -4.40. The van der Waals surface area contributed by atoms with E-state index < -0.39 is 20.3 Å². The summed E-state index contributed by atoms with van der Waals surface area (Å²) in [5.41, 5.74) is 0. The van der Waals surface area contributed by atoms with E-state index >= 15 is 0 Å². The minimum absolute atomic E-state index is 0.761. The van der Waals surface area contributed by atoms with Gasteiger partial charge in [0.2, 0.25) is 7.49 Å². The van der Waals surface area contributed by atoms with Gasteiger partial charge in [-0.1, -0.05) is 54.6 Å². The van der Waals surface area contributed by atoms with Crippen LogP contribution in [0.4, 0.5) is 13.2 Å². The predicted octanol–water partition coefficient (Wildman–Crippen LogP) is 4.47. The molecular formula is C20H17F3OP+. The highest BCUT2D eigenvalue weighted by molar-refractivity contribution is 7.91. The lowest BCUT2D eigenvalue weighted by Crippen LogP contribution is -2.35. The van der Waals surface area contributed by atoms with Crippen molar-refractivity contribution in [2.75, 3.05) is 6.61 Å². The predicted molar refractivity (Wildman–Crippen MR) is 97.2 cm³/mol. The van der Waals surface area contributed by atoms with Gasteiger partial charge in [0.15, 0.2) is 6.61 Å². The van der Waals surface area contributed by atoms with E-state index in [-0.39, 0.29) is 0 Å². The average Bonchev–Trinajstić information content (AvgIpc) is 2.64. The molecule has 3 aromatic rings. The van der Waals surface area contributed by atoms with E-state index in [0.717, 1.165) is 15.9 Å². The summed E-state index contributed by atoms with van der Waals surface area (Å²) in [7, 11) is -2.87. The van der Waals surface area contributed by atoms with Crippen molar-refractivity contribution in [3.63, 3.8) is 0 Å². The lowest BCUT2D eigenvalue weighted by atomic mass is 10.4. The zero-order valence-electron chi connectivity index (χ0n) is 13.4. The van der Waals surface area contributed by atoms with Gasteiger partial charge in [0.1, 0.15) is 15.9 Å². The largest absolute Gasteiger partial charge is 0.416 e. The summed E-state index contributed by atoms with van der Waals surface area (Å²) in [5.74, 6) is 0. The van der Waals surface area contributed by atoms with Crippen LogP contribution in [-0.2, 0) is 4.52 Å². The van der Waals surface area contributed by atoms with Crippen molar-refractivity contribution < 1.29 is 17.7 Å². The van der Waals surface area contributed by atoms with Crippen LogP contribution < -0.4 is 15.9 Å². The fourth-order valence-electron chi connectivity index (χ4n) is 2.75. The summed E-state index contributed by atoms with van der Waals surface area (Å²) < 4.78 is 44.8. The van der Waals surface area contributed by atoms with E-state index in [1.54, 1.807) is 0 Å². The highest BCUT2D eigenvalue weighted by Crippen LogP contribution is 2.57. The zero-order valence-corrected chi connectivity index (χ0v) is 14.3. The molecule has 3 rings (SSSR count). The number of hydrogen-bond donors (Lipinski definition) is 0.